The van der Waals surface area contributed by atoms with Crippen molar-refractivity contribution in [3.05, 3.63) is 29.6 Å². The predicted octanol–water partition coefficient (Wildman–Crippen LogP) is 1.95. The molecule has 17 heavy (non-hydrogen) atoms. The molecule has 0 fully saturated rings. The Kier molecular flexibility index (Phi) is 5.15. The van der Waals surface area contributed by atoms with Gasteiger partial charge in [-0.2, -0.15) is 5.26 Å². The van der Waals surface area contributed by atoms with E-state index in [0.717, 1.165) is 17.7 Å². The van der Waals surface area contributed by atoms with Crippen LogP contribution in [0.15, 0.2) is 18.3 Å². The average Bonchev–Trinajstić information content (AvgIpc) is 2.34. The summed E-state index contributed by atoms with van der Waals surface area (Å²) < 4.78 is 0. The van der Waals surface area contributed by atoms with Gasteiger partial charge in [0.05, 0.1) is 18.3 Å². The first kappa shape index (κ1) is 13.2. The van der Waals surface area contributed by atoms with E-state index in [1.165, 1.54) is 0 Å². The van der Waals surface area contributed by atoms with Crippen LogP contribution in [0.1, 0.15) is 31.0 Å². The molecule has 0 aliphatic heterocycles. The summed E-state index contributed by atoms with van der Waals surface area (Å²) in [5.74, 6) is -0.761. The summed E-state index contributed by atoms with van der Waals surface area (Å²) in [6.45, 7) is 4.29. The summed E-state index contributed by atoms with van der Waals surface area (Å²) in [5.41, 5.74) is 1.88. The lowest BCUT2D eigenvalue weighted by molar-refractivity contribution is -0.123. The Balaban J connectivity index is 2.54. The maximum absolute atomic E-state index is 11.7. The quantitative estimate of drug-likeness (QED) is 0.842. The van der Waals surface area contributed by atoms with Gasteiger partial charge in [-0.05, 0) is 25.0 Å². The monoisotopic (exact) mass is 231 g/mol. The van der Waals surface area contributed by atoms with E-state index in [4.69, 9.17) is 5.26 Å². The normalized spacial score (nSPS) is 11.6. The van der Waals surface area contributed by atoms with Crippen LogP contribution >= 0.6 is 0 Å². The largest absolute Gasteiger partial charge is 0.349 e. The van der Waals surface area contributed by atoms with Gasteiger partial charge < -0.3 is 5.32 Å². The summed E-state index contributed by atoms with van der Waals surface area (Å²) in [6.07, 6.45) is 3.13. The lowest BCUT2D eigenvalue weighted by Gasteiger charge is -2.09. The molecule has 1 rings (SSSR count). The molecule has 0 aromatic carbocycles. The second-order valence-corrected chi connectivity index (χ2v) is 3.96. The zero-order chi connectivity index (χ0) is 12.7. The van der Waals surface area contributed by atoms with Crippen LogP contribution in [0.4, 0.5) is 0 Å². The molecule has 0 aliphatic carbocycles. The van der Waals surface area contributed by atoms with E-state index in [-0.39, 0.29) is 5.91 Å². The lowest BCUT2D eigenvalue weighted by atomic mass is 10.0. The third kappa shape index (κ3) is 3.87. The standard InChI is InChI=1S/C13H17N3O/c1-3-5-11(8-14)13(17)16-9-12-10(2)6-4-7-15-12/h4,6-7,11H,3,5,9H2,1-2H3,(H,16,17). The molecule has 0 radical (unpaired) electrons. The zero-order valence-corrected chi connectivity index (χ0v) is 10.2. The van der Waals surface area contributed by atoms with Gasteiger partial charge in [0.15, 0.2) is 0 Å². The Morgan fingerprint density at radius 1 is 1.65 bits per heavy atom. The van der Waals surface area contributed by atoms with Crippen molar-refractivity contribution in [1.82, 2.24) is 10.3 Å². The van der Waals surface area contributed by atoms with E-state index in [1.54, 1.807) is 6.20 Å². The molecule has 1 N–H and O–H groups in total. The number of amides is 1. The fourth-order valence-electron chi connectivity index (χ4n) is 1.54. The maximum atomic E-state index is 11.7. The van der Waals surface area contributed by atoms with Crippen LogP contribution in [0.2, 0.25) is 0 Å². The number of carbonyl (C=O) groups excluding carboxylic acids is 1. The Bertz CT molecular complexity index is 423. The van der Waals surface area contributed by atoms with Crippen LogP contribution in [0.3, 0.4) is 0 Å². The Morgan fingerprint density at radius 2 is 2.41 bits per heavy atom. The molecule has 4 nitrogen and oxygen atoms in total. The number of aryl methyl sites for hydroxylation is 1. The fourth-order valence-corrected chi connectivity index (χ4v) is 1.54. The SMILES string of the molecule is CCCC(C#N)C(=O)NCc1ncccc1C. The minimum atomic E-state index is -0.552. The highest BCUT2D eigenvalue weighted by Crippen LogP contribution is 2.06. The van der Waals surface area contributed by atoms with E-state index >= 15 is 0 Å². The van der Waals surface area contributed by atoms with Gasteiger partial charge in [0, 0.05) is 6.20 Å². The molecule has 4 heteroatoms. The zero-order valence-electron chi connectivity index (χ0n) is 10.2. The molecule has 1 amide bonds. The second-order valence-electron chi connectivity index (χ2n) is 3.96. The Labute approximate surface area is 102 Å². The van der Waals surface area contributed by atoms with Gasteiger partial charge in [0.25, 0.3) is 0 Å². The Morgan fingerprint density at radius 3 is 3.00 bits per heavy atom. The maximum Gasteiger partial charge on any atom is 0.237 e. The van der Waals surface area contributed by atoms with Crippen LogP contribution in [0.25, 0.3) is 0 Å². The molecule has 1 aromatic heterocycles. The number of rotatable bonds is 5. The molecule has 1 unspecified atom stereocenters. The molecule has 1 heterocycles. The van der Waals surface area contributed by atoms with Crippen LogP contribution in [-0.4, -0.2) is 10.9 Å². The summed E-state index contributed by atoms with van der Waals surface area (Å²) in [5, 5.41) is 11.6. The first-order chi connectivity index (χ1) is 8.19. The van der Waals surface area contributed by atoms with Gasteiger partial charge in [0.1, 0.15) is 5.92 Å². The van der Waals surface area contributed by atoms with Crippen LogP contribution in [-0.2, 0) is 11.3 Å². The van der Waals surface area contributed by atoms with Gasteiger partial charge in [0.2, 0.25) is 5.91 Å². The van der Waals surface area contributed by atoms with Crippen LogP contribution in [0, 0.1) is 24.2 Å². The van der Waals surface area contributed by atoms with Gasteiger partial charge >= 0.3 is 0 Å². The highest BCUT2D eigenvalue weighted by molar-refractivity contribution is 5.80. The van der Waals surface area contributed by atoms with Crippen molar-refractivity contribution in [3.8, 4) is 6.07 Å². The molecule has 0 bridgehead atoms. The second kappa shape index (κ2) is 6.64. The van der Waals surface area contributed by atoms with Gasteiger partial charge in [-0.15, -0.1) is 0 Å². The van der Waals surface area contributed by atoms with Crippen molar-refractivity contribution >= 4 is 5.91 Å². The number of nitriles is 1. The van der Waals surface area contributed by atoms with Crippen molar-refractivity contribution in [3.63, 3.8) is 0 Å². The highest BCUT2D eigenvalue weighted by atomic mass is 16.1. The highest BCUT2D eigenvalue weighted by Gasteiger charge is 2.16. The molecular formula is C13H17N3O. The molecule has 90 valence electrons. The summed E-state index contributed by atoms with van der Waals surface area (Å²) >= 11 is 0. The molecule has 0 saturated heterocycles. The van der Waals surface area contributed by atoms with E-state index in [1.807, 2.05) is 32.0 Å². The third-order valence-electron chi connectivity index (χ3n) is 2.60. The topological polar surface area (TPSA) is 65.8 Å². The average molecular weight is 231 g/mol. The first-order valence-electron chi connectivity index (χ1n) is 5.76. The van der Waals surface area contributed by atoms with Crippen molar-refractivity contribution < 1.29 is 4.79 Å². The predicted molar refractivity (Wildman–Crippen MR) is 64.8 cm³/mol. The smallest absolute Gasteiger partial charge is 0.237 e. The summed E-state index contributed by atoms with van der Waals surface area (Å²) in [4.78, 5) is 15.9. The van der Waals surface area contributed by atoms with Gasteiger partial charge in [-0.25, -0.2) is 0 Å². The molecule has 0 aliphatic rings. The van der Waals surface area contributed by atoms with E-state index < -0.39 is 5.92 Å². The minimum absolute atomic E-state index is 0.209. The van der Waals surface area contributed by atoms with Crippen LogP contribution in [0.5, 0.6) is 0 Å². The first-order valence-corrected chi connectivity index (χ1v) is 5.76. The van der Waals surface area contributed by atoms with Gasteiger partial charge in [-0.3, -0.25) is 9.78 Å². The molecular weight excluding hydrogens is 214 g/mol. The third-order valence-corrected chi connectivity index (χ3v) is 2.60. The number of aromatic nitrogens is 1. The van der Waals surface area contributed by atoms with E-state index in [0.29, 0.717) is 13.0 Å². The number of nitrogens with zero attached hydrogens (tertiary/aromatic N) is 2. The number of carbonyl (C=O) groups is 1. The van der Waals surface area contributed by atoms with Gasteiger partial charge in [-0.1, -0.05) is 19.4 Å². The van der Waals surface area contributed by atoms with E-state index in [2.05, 4.69) is 10.3 Å². The molecule has 0 spiro atoms. The van der Waals surface area contributed by atoms with Crippen molar-refractivity contribution in [1.29, 1.82) is 5.26 Å². The Hall–Kier alpha value is -1.89. The molecule has 0 saturated carbocycles. The van der Waals surface area contributed by atoms with Crippen molar-refractivity contribution in [2.24, 2.45) is 5.92 Å². The summed E-state index contributed by atoms with van der Waals surface area (Å²) in [6, 6.07) is 5.82. The van der Waals surface area contributed by atoms with E-state index in [9.17, 15) is 4.79 Å². The molecule has 1 aromatic rings. The van der Waals surface area contributed by atoms with Crippen LogP contribution < -0.4 is 5.32 Å². The number of pyridine rings is 1. The molecule has 1 atom stereocenters. The van der Waals surface area contributed by atoms with Crippen molar-refractivity contribution in [2.75, 3.05) is 0 Å². The minimum Gasteiger partial charge on any atom is -0.349 e. The number of nitrogens with one attached hydrogen (secondary N) is 1. The lowest BCUT2D eigenvalue weighted by Crippen LogP contribution is -2.30. The summed E-state index contributed by atoms with van der Waals surface area (Å²) in [7, 11) is 0. The number of hydrogen-bond acceptors (Lipinski definition) is 3. The van der Waals surface area contributed by atoms with Crippen molar-refractivity contribution in [2.45, 2.75) is 33.2 Å². The fraction of sp³-hybridized carbons (Fsp3) is 0.462. The number of hydrogen-bond donors (Lipinski definition) is 1.